The lowest BCUT2D eigenvalue weighted by Gasteiger charge is -2.35. The fraction of sp³-hybridized carbons (Fsp3) is 0.588. The Hall–Kier alpha value is -1.75. The fourth-order valence-electron chi connectivity index (χ4n) is 3.41. The zero-order valence-electron chi connectivity index (χ0n) is 13.2. The molecule has 1 unspecified atom stereocenters. The van der Waals surface area contributed by atoms with E-state index in [0.717, 1.165) is 56.9 Å². The topological polar surface area (TPSA) is 67.6 Å². The molecule has 2 aliphatic heterocycles. The van der Waals surface area contributed by atoms with Crippen molar-refractivity contribution >= 4 is 11.6 Å². The summed E-state index contributed by atoms with van der Waals surface area (Å²) in [5, 5.41) is 3.38. The molecule has 0 aliphatic carbocycles. The molecule has 0 radical (unpaired) electrons. The van der Waals surface area contributed by atoms with E-state index in [2.05, 4.69) is 35.3 Å². The van der Waals surface area contributed by atoms with E-state index >= 15 is 0 Å². The summed E-state index contributed by atoms with van der Waals surface area (Å²) in [6.45, 7) is 5.78. The highest BCUT2D eigenvalue weighted by Crippen LogP contribution is 2.29. The maximum absolute atomic E-state index is 11.2. The van der Waals surface area contributed by atoms with Crippen molar-refractivity contribution in [2.24, 2.45) is 11.7 Å². The summed E-state index contributed by atoms with van der Waals surface area (Å²) in [6.07, 6.45) is 2.79. The molecular weight excluding hydrogens is 278 g/mol. The van der Waals surface area contributed by atoms with Gasteiger partial charge < -0.3 is 20.7 Å². The molecule has 2 heterocycles. The van der Waals surface area contributed by atoms with Crippen molar-refractivity contribution < 1.29 is 9.53 Å². The Morgan fingerprint density at radius 1 is 1.45 bits per heavy atom. The summed E-state index contributed by atoms with van der Waals surface area (Å²) in [7, 11) is 0. The summed E-state index contributed by atoms with van der Waals surface area (Å²) in [5.74, 6) is 0.867. The minimum atomic E-state index is -0.145. The molecule has 1 saturated heterocycles. The number of amides is 1. The normalized spacial score (nSPS) is 20.6. The third-order valence-corrected chi connectivity index (χ3v) is 4.81. The van der Waals surface area contributed by atoms with Gasteiger partial charge in [-0.15, -0.1) is 0 Å². The van der Waals surface area contributed by atoms with Crippen LogP contribution in [0.15, 0.2) is 18.2 Å². The molecule has 0 spiro atoms. The molecule has 1 amide bonds. The van der Waals surface area contributed by atoms with E-state index in [1.54, 1.807) is 0 Å². The van der Waals surface area contributed by atoms with Crippen LogP contribution in [0.3, 0.4) is 0 Å². The van der Waals surface area contributed by atoms with Crippen molar-refractivity contribution in [3.63, 3.8) is 0 Å². The second kappa shape index (κ2) is 6.57. The molecule has 1 aromatic rings. The van der Waals surface area contributed by atoms with Crippen LogP contribution in [0.5, 0.6) is 5.75 Å². The summed E-state index contributed by atoms with van der Waals surface area (Å²) in [6, 6.07) is 6.87. The van der Waals surface area contributed by atoms with Crippen LogP contribution in [-0.4, -0.2) is 43.1 Å². The number of rotatable bonds is 4. The zero-order chi connectivity index (χ0) is 15.5. The van der Waals surface area contributed by atoms with Gasteiger partial charge in [0.25, 0.3) is 0 Å². The highest BCUT2D eigenvalue weighted by molar-refractivity contribution is 5.76. The van der Waals surface area contributed by atoms with E-state index < -0.39 is 0 Å². The van der Waals surface area contributed by atoms with Gasteiger partial charge >= 0.3 is 0 Å². The third kappa shape index (κ3) is 3.35. The van der Waals surface area contributed by atoms with Crippen LogP contribution in [0, 0.1) is 5.92 Å². The van der Waals surface area contributed by atoms with Crippen LogP contribution < -0.4 is 15.8 Å². The number of nitrogens with two attached hydrogens (primary N) is 1. The largest absolute Gasteiger partial charge is 0.490 e. The maximum Gasteiger partial charge on any atom is 0.220 e. The van der Waals surface area contributed by atoms with Gasteiger partial charge in [0, 0.05) is 18.5 Å². The van der Waals surface area contributed by atoms with Gasteiger partial charge in [-0.05, 0) is 57.0 Å². The molecule has 3 rings (SSSR count). The Balaban J connectivity index is 1.58. The predicted molar refractivity (Wildman–Crippen MR) is 87.1 cm³/mol. The molecule has 1 aromatic carbocycles. The first-order chi connectivity index (χ1) is 10.6. The van der Waals surface area contributed by atoms with Gasteiger partial charge in [0.2, 0.25) is 5.91 Å². The van der Waals surface area contributed by atoms with Crippen LogP contribution in [-0.2, 0) is 11.2 Å². The maximum atomic E-state index is 11.2. The highest BCUT2D eigenvalue weighted by atomic mass is 16.5. The number of carbonyl (C=O) groups is 1. The van der Waals surface area contributed by atoms with E-state index in [-0.39, 0.29) is 11.8 Å². The number of likely N-dealkylation sites (tertiary alicyclic amines) is 1. The summed E-state index contributed by atoms with van der Waals surface area (Å²) in [4.78, 5) is 13.7. The van der Waals surface area contributed by atoms with Crippen molar-refractivity contribution in [3.8, 4) is 5.75 Å². The molecule has 0 bridgehead atoms. The van der Waals surface area contributed by atoms with Gasteiger partial charge in [-0.2, -0.15) is 0 Å². The van der Waals surface area contributed by atoms with Crippen LogP contribution >= 0.6 is 0 Å². The fourth-order valence-corrected chi connectivity index (χ4v) is 3.41. The molecule has 5 nitrogen and oxygen atoms in total. The third-order valence-electron chi connectivity index (χ3n) is 4.81. The molecule has 0 saturated carbocycles. The van der Waals surface area contributed by atoms with Crippen LogP contribution in [0.2, 0.25) is 0 Å². The van der Waals surface area contributed by atoms with Crippen LogP contribution in [0.4, 0.5) is 5.69 Å². The van der Waals surface area contributed by atoms with E-state index in [1.165, 1.54) is 5.56 Å². The van der Waals surface area contributed by atoms with Gasteiger partial charge in [0.05, 0.1) is 5.69 Å². The lowest BCUT2D eigenvalue weighted by molar-refractivity contribution is -0.123. The van der Waals surface area contributed by atoms with Crippen molar-refractivity contribution in [1.29, 1.82) is 0 Å². The number of fused-ring (bicyclic) bond motifs is 1. The average molecular weight is 303 g/mol. The van der Waals surface area contributed by atoms with Crippen molar-refractivity contribution in [2.45, 2.75) is 32.2 Å². The van der Waals surface area contributed by atoms with Crippen molar-refractivity contribution in [3.05, 3.63) is 23.8 Å². The second-order valence-electron chi connectivity index (χ2n) is 6.37. The van der Waals surface area contributed by atoms with E-state index in [9.17, 15) is 4.79 Å². The second-order valence-corrected chi connectivity index (χ2v) is 6.37. The quantitative estimate of drug-likeness (QED) is 0.887. The standard InChI is InChI=1S/C17H25N3O2/c1-12(20-7-4-14(5-8-20)17(18)21)10-13-2-3-16-15(11-13)19-6-9-22-16/h2-3,11-12,14,19H,4-10H2,1H3,(H2,18,21). The number of ether oxygens (including phenoxy) is 1. The molecule has 0 aromatic heterocycles. The van der Waals surface area contributed by atoms with Gasteiger partial charge in [-0.1, -0.05) is 6.07 Å². The minimum Gasteiger partial charge on any atom is -0.490 e. The number of piperidine rings is 1. The number of hydrogen-bond donors (Lipinski definition) is 2. The zero-order valence-corrected chi connectivity index (χ0v) is 13.2. The summed E-state index contributed by atoms with van der Waals surface area (Å²) < 4.78 is 5.62. The first kappa shape index (κ1) is 15.2. The molecule has 120 valence electrons. The molecule has 1 fully saturated rings. The number of benzene rings is 1. The smallest absolute Gasteiger partial charge is 0.220 e. The Labute approximate surface area is 131 Å². The molecule has 22 heavy (non-hydrogen) atoms. The van der Waals surface area contributed by atoms with Crippen LogP contribution in [0.1, 0.15) is 25.3 Å². The highest BCUT2D eigenvalue weighted by Gasteiger charge is 2.25. The molecule has 2 aliphatic rings. The van der Waals surface area contributed by atoms with Gasteiger partial charge in [-0.25, -0.2) is 0 Å². The van der Waals surface area contributed by atoms with Gasteiger partial charge in [-0.3, -0.25) is 4.79 Å². The van der Waals surface area contributed by atoms with Gasteiger partial charge in [0.1, 0.15) is 12.4 Å². The Morgan fingerprint density at radius 2 is 2.23 bits per heavy atom. The van der Waals surface area contributed by atoms with E-state index in [0.29, 0.717) is 6.04 Å². The van der Waals surface area contributed by atoms with E-state index in [4.69, 9.17) is 10.5 Å². The average Bonchev–Trinajstić information content (AvgIpc) is 2.55. The number of nitrogens with zero attached hydrogens (tertiary/aromatic N) is 1. The summed E-state index contributed by atoms with van der Waals surface area (Å²) in [5.41, 5.74) is 7.82. The van der Waals surface area contributed by atoms with Crippen molar-refractivity contribution in [2.75, 3.05) is 31.6 Å². The Bertz CT molecular complexity index is 539. The van der Waals surface area contributed by atoms with E-state index in [1.807, 2.05) is 0 Å². The lowest BCUT2D eigenvalue weighted by Crippen LogP contribution is -2.43. The number of anilines is 1. The molecule has 1 atom stereocenters. The first-order valence-corrected chi connectivity index (χ1v) is 8.16. The number of primary amides is 1. The number of hydrogen-bond acceptors (Lipinski definition) is 4. The monoisotopic (exact) mass is 303 g/mol. The molecule has 5 heteroatoms. The number of nitrogens with one attached hydrogen (secondary N) is 1. The first-order valence-electron chi connectivity index (χ1n) is 8.16. The number of carbonyl (C=O) groups excluding carboxylic acids is 1. The predicted octanol–water partition coefficient (Wildman–Crippen LogP) is 1.62. The minimum absolute atomic E-state index is 0.0635. The van der Waals surface area contributed by atoms with Gasteiger partial charge in [0.15, 0.2) is 0 Å². The summed E-state index contributed by atoms with van der Waals surface area (Å²) >= 11 is 0. The van der Waals surface area contributed by atoms with Crippen molar-refractivity contribution in [1.82, 2.24) is 4.90 Å². The molecule has 3 N–H and O–H groups in total. The lowest BCUT2D eigenvalue weighted by atomic mass is 9.94. The SMILES string of the molecule is CC(Cc1ccc2c(c1)NCCO2)N1CCC(C(N)=O)CC1. The van der Waals surface area contributed by atoms with Crippen LogP contribution in [0.25, 0.3) is 0 Å². The molecular formula is C17H25N3O2. The Morgan fingerprint density at radius 3 is 2.95 bits per heavy atom. The Kier molecular flexibility index (Phi) is 4.52.